The number of thioether (sulfide) groups is 1. The Balaban J connectivity index is 2.21. The molecule has 0 aromatic carbocycles. The Bertz CT molecular complexity index is 387. The number of ether oxygens (including phenoxy) is 1. The summed E-state index contributed by atoms with van der Waals surface area (Å²) >= 11 is 3.85. The molecule has 2 heterocycles. The average Bonchev–Trinajstić information content (AvgIpc) is 2.77. The van der Waals surface area contributed by atoms with E-state index in [0.717, 1.165) is 23.9 Å². The quantitative estimate of drug-likeness (QED) is 0.903. The van der Waals surface area contributed by atoms with E-state index >= 15 is 0 Å². The zero-order valence-electron chi connectivity index (χ0n) is 12.1. The summed E-state index contributed by atoms with van der Waals surface area (Å²) in [5.41, 5.74) is 1.08. The second-order valence-corrected chi connectivity index (χ2v) is 7.39. The Labute approximate surface area is 123 Å². The molecule has 0 amide bonds. The van der Waals surface area contributed by atoms with Gasteiger partial charge in [-0.3, -0.25) is 0 Å². The summed E-state index contributed by atoms with van der Waals surface area (Å²) in [6.07, 6.45) is 0. The van der Waals surface area contributed by atoms with Crippen molar-refractivity contribution in [2.24, 2.45) is 0 Å². The number of rotatable bonds is 5. The lowest BCUT2D eigenvalue weighted by Crippen LogP contribution is -2.44. The van der Waals surface area contributed by atoms with Crippen molar-refractivity contribution in [1.29, 1.82) is 0 Å². The number of hydrogen-bond acceptors (Lipinski definition) is 6. The number of nitrogens with one attached hydrogen (secondary N) is 1. The SMILES string of the molecule is CNCc1sc(N2CCSC(C)C2C)nc1COC. The molecule has 6 heteroatoms. The van der Waals surface area contributed by atoms with Crippen LogP contribution >= 0.6 is 23.1 Å². The van der Waals surface area contributed by atoms with Crippen LogP contribution in [0, 0.1) is 0 Å². The Hall–Kier alpha value is -0.300. The third-order valence-electron chi connectivity index (χ3n) is 3.51. The molecule has 19 heavy (non-hydrogen) atoms. The van der Waals surface area contributed by atoms with Crippen LogP contribution in [0.4, 0.5) is 5.13 Å². The summed E-state index contributed by atoms with van der Waals surface area (Å²) in [6.45, 7) is 7.16. The van der Waals surface area contributed by atoms with E-state index in [4.69, 9.17) is 9.72 Å². The van der Waals surface area contributed by atoms with Crippen molar-refractivity contribution in [3.8, 4) is 0 Å². The van der Waals surface area contributed by atoms with Gasteiger partial charge in [-0.1, -0.05) is 6.92 Å². The molecule has 0 bridgehead atoms. The fourth-order valence-electron chi connectivity index (χ4n) is 2.24. The Morgan fingerprint density at radius 3 is 2.95 bits per heavy atom. The van der Waals surface area contributed by atoms with Crippen LogP contribution in [0.15, 0.2) is 0 Å². The fourth-order valence-corrected chi connectivity index (χ4v) is 4.53. The highest BCUT2D eigenvalue weighted by atomic mass is 32.2. The molecule has 108 valence electrons. The zero-order chi connectivity index (χ0) is 13.8. The normalized spacial score (nSPS) is 23.9. The Morgan fingerprint density at radius 1 is 1.47 bits per heavy atom. The molecule has 2 unspecified atom stereocenters. The van der Waals surface area contributed by atoms with Crippen molar-refractivity contribution in [2.75, 3.05) is 31.4 Å². The van der Waals surface area contributed by atoms with Crippen LogP contribution in [-0.4, -0.2) is 42.7 Å². The first kappa shape index (κ1) is 15.1. The molecule has 1 aliphatic rings. The average molecular weight is 301 g/mol. The van der Waals surface area contributed by atoms with Gasteiger partial charge >= 0.3 is 0 Å². The first-order valence-electron chi connectivity index (χ1n) is 6.67. The van der Waals surface area contributed by atoms with Gasteiger partial charge in [-0.25, -0.2) is 4.98 Å². The standard InChI is InChI=1S/C13H23N3OS2/c1-9-10(2)18-6-5-16(9)13-15-11(8-17-4)12(19-13)7-14-3/h9-10,14H,5-8H2,1-4H3. The van der Waals surface area contributed by atoms with Gasteiger partial charge in [0, 0.05) is 42.1 Å². The molecule has 2 atom stereocenters. The molecule has 1 aliphatic heterocycles. The van der Waals surface area contributed by atoms with Crippen molar-refractivity contribution < 1.29 is 4.74 Å². The van der Waals surface area contributed by atoms with Gasteiger partial charge in [0.05, 0.1) is 12.3 Å². The molecule has 1 aromatic heterocycles. The van der Waals surface area contributed by atoms with Crippen LogP contribution in [0.3, 0.4) is 0 Å². The van der Waals surface area contributed by atoms with Gasteiger partial charge in [0.15, 0.2) is 5.13 Å². The summed E-state index contributed by atoms with van der Waals surface area (Å²) in [6, 6.07) is 0.544. The highest BCUT2D eigenvalue weighted by Gasteiger charge is 2.28. The molecule has 0 aliphatic carbocycles. The summed E-state index contributed by atoms with van der Waals surface area (Å²) in [5, 5.41) is 5.02. The van der Waals surface area contributed by atoms with Crippen LogP contribution in [-0.2, 0) is 17.9 Å². The lowest BCUT2D eigenvalue weighted by Gasteiger charge is -2.37. The number of aromatic nitrogens is 1. The third kappa shape index (κ3) is 3.42. The van der Waals surface area contributed by atoms with E-state index in [-0.39, 0.29) is 0 Å². The van der Waals surface area contributed by atoms with E-state index in [0.29, 0.717) is 17.9 Å². The topological polar surface area (TPSA) is 37.4 Å². The van der Waals surface area contributed by atoms with E-state index in [1.807, 2.05) is 7.05 Å². The Kier molecular flexibility index (Phi) is 5.50. The van der Waals surface area contributed by atoms with Crippen molar-refractivity contribution in [3.05, 3.63) is 10.6 Å². The van der Waals surface area contributed by atoms with E-state index in [1.165, 1.54) is 10.6 Å². The van der Waals surface area contributed by atoms with Gasteiger partial charge in [0.1, 0.15) is 0 Å². The maximum atomic E-state index is 5.26. The first-order valence-corrected chi connectivity index (χ1v) is 8.54. The Morgan fingerprint density at radius 2 is 2.26 bits per heavy atom. The summed E-state index contributed by atoms with van der Waals surface area (Å²) in [5.74, 6) is 1.19. The summed E-state index contributed by atoms with van der Waals surface area (Å²) < 4.78 is 5.26. The third-order valence-corrected chi connectivity index (χ3v) is 5.99. The smallest absolute Gasteiger partial charge is 0.186 e. The molecule has 1 N–H and O–H groups in total. The molecule has 1 saturated heterocycles. The predicted molar refractivity (Wildman–Crippen MR) is 84.3 cm³/mol. The van der Waals surface area contributed by atoms with Crippen molar-refractivity contribution in [2.45, 2.75) is 38.3 Å². The largest absolute Gasteiger partial charge is 0.378 e. The van der Waals surface area contributed by atoms with Crippen molar-refractivity contribution in [3.63, 3.8) is 0 Å². The maximum Gasteiger partial charge on any atom is 0.186 e. The first-order chi connectivity index (χ1) is 9.17. The number of nitrogens with zero attached hydrogens (tertiary/aromatic N) is 2. The molecular weight excluding hydrogens is 278 g/mol. The van der Waals surface area contributed by atoms with Gasteiger partial charge in [-0.2, -0.15) is 11.8 Å². The van der Waals surface area contributed by atoms with E-state index in [1.54, 1.807) is 18.4 Å². The highest BCUT2D eigenvalue weighted by Crippen LogP contribution is 2.33. The second-order valence-electron chi connectivity index (χ2n) is 4.84. The van der Waals surface area contributed by atoms with Crippen molar-refractivity contribution >= 4 is 28.2 Å². The van der Waals surface area contributed by atoms with E-state index < -0.39 is 0 Å². The number of thiazole rings is 1. The van der Waals surface area contributed by atoms with E-state index in [2.05, 4.69) is 35.8 Å². The van der Waals surface area contributed by atoms with E-state index in [9.17, 15) is 0 Å². The fraction of sp³-hybridized carbons (Fsp3) is 0.769. The van der Waals surface area contributed by atoms with Crippen molar-refractivity contribution in [1.82, 2.24) is 10.3 Å². The monoisotopic (exact) mass is 301 g/mol. The van der Waals surface area contributed by atoms with Gasteiger partial charge < -0.3 is 15.0 Å². The van der Waals surface area contributed by atoms with Crippen LogP contribution in [0.5, 0.6) is 0 Å². The number of hydrogen-bond donors (Lipinski definition) is 1. The summed E-state index contributed by atoms with van der Waals surface area (Å²) in [4.78, 5) is 8.54. The lowest BCUT2D eigenvalue weighted by molar-refractivity contribution is 0.181. The van der Waals surface area contributed by atoms with Crippen LogP contribution in [0.2, 0.25) is 0 Å². The van der Waals surface area contributed by atoms with Gasteiger partial charge in [0.25, 0.3) is 0 Å². The molecule has 0 saturated carbocycles. The van der Waals surface area contributed by atoms with Gasteiger partial charge in [0.2, 0.25) is 0 Å². The molecular formula is C13H23N3OS2. The minimum atomic E-state index is 0.544. The molecule has 2 rings (SSSR count). The molecule has 0 spiro atoms. The molecule has 0 radical (unpaired) electrons. The number of methoxy groups -OCH3 is 1. The molecule has 1 aromatic rings. The lowest BCUT2D eigenvalue weighted by atomic mass is 10.2. The molecule has 4 nitrogen and oxygen atoms in total. The molecule has 1 fully saturated rings. The van der Waals surface area contributed by atoms with Crippen LogP contribution < -0.4 is 10.2 Å². The maximum absolute atomic E-state index is 5.26. The van der Waals surface area contributed by atoms with Crippen LogP contribution in [0.1, 0.15) is 24.4 Å². The summed E-state index contributed by atoms with van der Waals surface area (Å²) in [7, 11) is 3.70. The predicted octanol–water partition coefficient (Wildman–Crippen LogP) is 2.34. The minimum absolute atomic E-state index is 0.544. The number of anilines is 1. The minimum Gasteiger partial charge on any atom is -0.378 e. The van der Waals surface area contributed by atoms with Gasteiger partial charge in [-0.05, 0) is 14.0 Å². The highest BCUT2D eigenvalue weighted by molar-refractivity contribution is 8.00. The van der Waals surface area contributed by atoms with Gasteiger partial charge in [-0.15, -0.1) is 11.3 Å². The second kappa shape index (κ2) is 6.92. The zero-order valence-corrected chi connectivity index (χ0v) is 13.7. The van der Waals surface area contributed by atoms with Crippen LogP contribution in [0.25, 0.3) is 0 Å².